The van der Waals surface area contributed by atoms with Gasteiger partial charge in [-0.05, 0) is 44.0 Å². The molecule has 0 saturated carbocycles. The van der Waals surface area contributed by atoms with Gasteiger partial charge in [0, 0.05) is 16.6 Å². The lowest BCUT2D eigenvalue weighted by molar-refractivity contribution is 0.0937. The Balaban J connectivity index is 1.68. The fourth-order valence-corrected chi connectivity index (χ4v) is 4.71. The Morgan fingerprint density at radius 1 is 1.28 bits per heavy atom. The quantitative estimate of drug-likeness (QED) is 0.295. The molecule has 0 N–H and O–H groups in total. The Kier molecular flexibility index (Phi) is 6.18. The van der Waals surface area contributed by atoms with Crippen molar-refractivity contribution in [2.24, 2.45) is 0 Å². The topological polar surface area (TPSA) is 61.2 Å². The van der Waals surface area contributed by atoms with Crippen molar-refractivity contribution in [3.63, 3.8) is 0 Å². The van der Waals surface area contributed by atoms with Gasteiger partial charge in [-0.1, -0.05) is 52.0 Å². The highest BCUT2D eigenvalue weighted by Gasteiger charge is 2.23. The van der Waals surface area contributed by atoms with E-state index in [4.69, 9.17) is 9.72 Å². The smallest absolute Gasteiger partial charge is 0.262 e. The number of carbonyl (C=O) groups is 1. The van der Waals surface area contributed by atoms with Gasteiger partial charge in [0.05, 0.1) is 28.8 Å². The minimum Gasteiger partial charge on any atom is -0.376 e. The number of aromatic nitrogens is 2. The van der Waals surface area contributed by atoms with Crippen LogP contribution < -0.4 is 5.56 Å². The molecular weight excluding hydrogens is 452 g/mol. The van der Waals surface area contributed by atoms with Gasteiger partial charge in [0.25, 0.3) is 5.56 Å². The zero-order valence-electron chi connectivity index (χ0n) is 16.0. The average Bonchev–Trinajstić information content (AvgIpc) is 3.24. The van der Waals surface area contributed by atoms with Crippen LogP contribution in [0.5, 0.6) is 0 Å². The van der Waals surface area contributed by atoms with Gasteiger partial charge in [-0.15, -0.1) is 0 Å². The molecule has 5 nitrogen and oxygen atoms in total. The molecule has 0 bridgehead atoms. The monoisotopic (exact) mass is 472 g/mol. The molecule has 1 aliphatic rings. The Morgan fingerprint density at radius 3 is 2.76 bits per heavy atom. The van der Waals surface area contributed by atoms with E-state index in [-0.39, 0.29) is 22.7 Å². The molecule has 1 aromatic heterocycles. The Labute approximate surface area is 181 Å². The van der Waals surface area contributed by atoms with E-state index in [1.807, 2.05) is 37.3 Å². The van der Waals surface area contributed by atoms with Crippen molar-refractivity contribution in [1.82, 2.24) is 9.55 Å². The fraction of sp³-hybridized carbons (Fsp3) is 0.318. The van der Waals surface area contributed by atoms with E-state index in [9.17, 15) is 9.59 Å². The van der Waals surface area contributed by atoms with E-state index < -0.39 is 0 Å². The fourth-order valence-electron chi connectivity index (χ4n) is 3.45. The number of para-hydroxylation sites is 1. The third kappa shape index (κ3) is 4.47. The van der Waals surface area contributed by atoms with E-state index in [1.165, 1.54) is 11.8 Å². The molecule has 7 heteroatoms. The first-order valence-corrected chi connectivity index (χ1v) is 11.3. The summed E-state index contributed by atoms with van der Waals surface area (Å²) in [4.78, 5) is 30.8. The number of thioether (sulfide) groups is 1. The second kappa shape index (κ2) is 8.81. The Hall–Kier alpha value is -1.96. The minimum absolute atomic E-state index is 0.00694. The molecular formula is C22H21BrN2O3S. The number of rotatable bonds is 6. The molecule has 0 aliphatic carbocycles. The summed E-state index contributed by atoms with van der Waals surface area (Å²) in [6.45, 7) is 3.03. The SMILES string of the molecule is C[C@H](Sc1nc2ccccc2c(=O)n1C[C@@H]1CCCO1)C(=O)c1ccc(Br)cc1. The number of hydrogen-bond acceptors (Lipinski definition) is 5. The lowest BCUT2D eigenvalue weighted by Crippen LogP contribution is -2.29. The molecule has 4 rings (SSSR count). The van der Waals surface area contributed by atoms with Crippen molar-refractivity contribution in [2.45, 2.75) is 42.8 Å². The summed E-state index contributed by atoms with van der Waals surface area (Å²) in [5.41, 5.74) is 1.20. The molecule has 0 radical (unpaired) electrons. The highest BCUT2D eigenvalue weighted by Crippen LogP contribution is 2.26. The maximum absolute atomic E-state index is 13.2. The van der Waals surface area contributed by atoms with Gasteiger partial charge in [0.2, 0.25) is 0 Å². The second-order valence-corrected chi connectivity index (χ2v) is 9.32. The van der Waals surface area contributed by atoms with Gasteiger partial charge in [0.1, 0.15) is 0 Å². The van der Waals surface area contributed by atoms with Gasteiger partial charge < -0.3 is 4.74 Å². The highest BCUT2D eigenvalue weighted by atomic mass is 79.9. The highest BCUT2D eigenvalue weighted by molar-refractivity contribution is 9.10. The number of hydrogen-bond donors (Lipinski definition) is 0. The van der Waals surface area contributed by atoms with Crippen molar-refractivity contribution in [3.8, 4) is 0 Å². The summed E-state index contributed by atoms with van der Waals surface area (Å²) >= 11 is 4.72. The van der Waals surface area contributed by atoms with Crippen LogP contribution in [0.2, 0.25) is 0 Å². The Morgan fingerprint density at radius 2 is 2.03 bits per heavy atom. The lowest BCUT2D eigenvalue weighted by Gasteiger charge is -2.18. The average molecular weight is 473 g/mol. The molecule has 0 amide bonds. The van der Waals surface area contributed by atoms with E-state index in [2.05, 4.69) is 15.9 Å². The van der Waals surface area contributed by atoms with Crippen molar-refractivity contribution in [3.05, 3.63) is 68.9 Å². The first-order valence-electron chi connectivity index (χ1n) is 9.60. The largest absolute Gasteiger partial charge is 0.376 e. The van der Waals surface area contributed by atoms with Crippen LogP contribution in [0, 0.1) is 0 Å². The van der Waals surface area contributed by atoms with E-state index in [0.717, 1.165) is 23.9 Å². The number of halogens is 1. The van der Waals surface area contributed by atoms with Crippen LogP contribution in [0.3, 0.4) is 0 Å². The molecule has 0 spiro atoms. The molecule has 2 atom stereocenters. The maximum atomic E-state index is 13.2. The van der Waals surface area contributed by atoms with Gasteiger partial charge in [-0.25, -0.2) is 4.98 Å². The third-order valence-electron chi connectivity index (χ3n) is 5.02. The van der Waals surface area contributed by atoms with Crippen LogP contribution >= 0.6 is 27.7 Å². The van der Waals surface area contributed by atoms with Gasteiger partial charge in [-0.3, -0.25) is 14.2 Å². The third-order valence-corrected chi connectivity index (χ3v) is 6.64. The predicted octanol–water partition coefficient (Wildman–Crippen LogP) is 4.70. The predicted molar refractivity (Wildman–Crippen MR) is 119 cm³/mol. The minimum atomic E-state index is -0.375. The van der Waals surface area contributed by atoms with Crippen molar-refractivity contribution >= 4 is 44.4 Å². The van der Waals surface area contributed by atoms with Crippen LogP contribution in [0.25, 0.3) is 10.9 Å². The first kappa shape index (κ1) is 20.3. The zero-order chi connectivity index (χ0) is 20.4. The lowest BCUT2D eigenvalue weighted by atomic mass is 10.1. The van der Waals surface area contributed by atoms with Crippen molar-refractivity contribution in [1.29, 1.82) is 0 Å². The summed E-state index contributed by atoms with van der Waals surface area (Å²) in [5, 5.41) is 0.767. The normalized spacial score (nSPS) is 17.5. The van der Waals surface area contributed by atoms with Crippen LogP contribution in [-0.4, -0.2) is 33.3 Å². The molecule has 29 heavy (non-hydrogen) atoms. The molecule has 2 aromatic carbocycles. The van der Waals surface area contributed by atoms with Crippen LogP contribution in [0.1, 0.15) is 30.1 Å². The summed E-state index contributed by atoms with van der Waals surface area (Å²) in [7, 11) is 0. The van der Waals surface area contributed by atoms with Gasteiger partial charge in [0.15, 0.2) is 10.9 Å². The molecule has 0 unspecified atom stereocenters. The van der Waals surface area contributed by atoms with E-state index in [1.54, 1.807) is 22.8 Å². The summed E-state index contributed by atoms with van der Waals surface area (Å²) in [6, 6.07) is 14.6. The van der Waals surface area contributed by atoms with Crippen LogP contribution in [-0.2, 0) is 11.3 Å². The maximum Gasteiger partial charge on any atom is 0.262 e. The zero-order valence-corrected chi connectivity index (χ0v) is 18.4. The van der Waals surface area contributed by atoms with Crippen molar-refractivity contribution < 1.29 is 9.53 Å². The van der Waals surface area contributed by atoms with E-state index in [0.29, 0.717) is 28.2 Å². The number of Topliss-reactive ketones (excluding diaryl/α,β-unsaturated/α-hetero) is 1. The molecule has 150 valence electrons. The number of ether oxygens (including phenoxy) is 1. The van der Waals surface area contributed by atoms with Crippen LogP contribution in [0.4, 0.5) is 0 Å². The molecule has 1 fully saturated rings. The molecule has 1 saturated heterocycles. The molecule has 3 aromatic rings. The summed E-state index contributed by atoms with van der Waals surface area (Å²) in [6.07, 6.45) is 1.94. The number of fused-ring (bicyclic) bond motifs is 1. The van der Waals surface area contributed by atoms with Gasteiger partial charge >= 0.3 is 0 Å². The van der Waals surface area contributed by atoms with Gasteiger partial charge in [-0.2, -0.15) is 0 Å². The second-order valence-electron chi connectivity index (χ2n) is 7.09. The number of carbonyl (C=O) groups excluding carboxylic acids is 1. The standard InChI is InChI=1S/C22H21BrN2O3S/c1-14(20(26)15-8-10-16(23)11-9-15)29-22-24-19-7-3-2-6-18(19)21(27)25(22)13-17-5-4-12-28-17/h2-3,6-11,14,17H,4-5,12-13H2,1H3/t14-,17-/m0/s1. The molecule has 2 heterocycles. The summed E-state index contributed by atoms with van der Waals surface area (Å²) in [5.74, 6) is 0.00794. The number of ketones is 1. The number of benzene rings is 2. The molecule has 1 aliphatic heterocycles. The van der Waals surface area contributed by atoms with Crippen LogP contribution in [0.15, 0.2) is 63.0 Å². The van der Waals surface area contributed by atoms with E-state index >= 15 is 0 Å². The van der Waals surface area contributed by atoms with Crippen molar-refractivity contribution in [2.75, 3.05) is 6.61 Å². The Bertz CT molecular complexity index is 1090. The summed E-state index contributed by atoms with van der Waals surface area (Å²) < 4.78 is 8.35. The number of nitrogens with zero attached hydrogens (tertiary/aromatic N) is 2. The first-order chi connectivity index (χ1) is 14.0.